The van der Waals surface area contributed by atoms with Crippen LogP contribution >= 0.6 is 15.9 Å². The van der Waals surface area contributed by atoms with Crippen molar-refractivity contribution in [2.45, 2.75) is 58.0 Å². The third kappa shape index (κ3) is 8.10. The van der Waals surface area contributed by atoms with E-state index in [0.717, 1.165) is 27.4 Å². The molecule has 0 aliphatic carbocycles. The average Bonchev–Trinajstić information content (AvgIpc) is 2.95. The van der Waals surface area contributed by atoms with Crippen molar-refractivity contribution in [2.24, 2.45) is 0 Å². The van der Waals surface area contributed by atoms with Crippen LogP contribution in [0.4, 0.5) is 5.69 Å². The molecule has 0 aliphatic heterocycles. The van der Waals surface area contributed by atoms with Gasteiger partial charge in [-0.1, -0.05) is 61.4 Å². The first-order valence-electron chi connectivity index (χ1n) is 13.6. The summed E-state index contributed by atoms with van der Waals surface area (Å²) in [6.45, 7) is 7.82. The van der Waals surface area contributed by atoms with Gasteiger partial charge in [0.1, 0.15) is 18.3 Å². The minimum absolute atomic E-state index is 0.00323. The number of hydrogen-bond acceptors (Lipinski definition) is 5. The Kier molecular flexibility index (Phi) is 11.4. The normalized spacial score (nSPS) is 12.0. The second-order valence-electron chi connectivity index (χ2n) is 9.87. The Labute approximate surface area is 251 Å². The highest BCUT2D eigenvalue weighted by atomic mass is 79.9. The van der Waals surface area contributed by atoms with Gasteiger partial charge in [-0.2, -0.15) is 0 Å². The Hall–Kier alpha value is -3.37. The third-order valence-electron chi connectivity index (χ3n) is 6.68. The van der Waals surface area contributed by atoms with Crippen molar-refractivity contribution in [3.8, 4) is 5.75 Å². The summed E-state index contributed by atoms with van der Waals surface area (Å²) in [5.41, 5.74) is 3.16. The molecule has 0 radical (unpaired) electrons. The number of anilines is 1. The van der Waals surface area contributed by atoms with E-state index in [9.17, 15) is 18.0 Å². The number of carbonyl (C=O) groups excluding carboxylic acids is 2. The Morgan fingerprint density at radius 3 is 2.27 bits per heavy atom. The Balaban J connectivity index is 2.07. The Bertz CT molecular complexity index is 1460. The first-order valence-corrected chi connectivity index (χ1v) is 15.8. The first-order chi connectivity index (χ1) is 19.5. The maximum atomic E-state index is 14.1. The van der Waals surface area contributed by atoms with Crippen LogP contribution in [0.15, 0.2) is 76.1 Å². The molecule has 0 aliphatic rings. The molecule has 1 N–H and O–H groups in total. The highest BCUT2D eigenvalue weighted by Gasteiger charge is 2.34. The molecule has 2 amide bonds. The summed E-state index contributed by atoms with van der Waals surface area (Å²) in [4.78, 5) is 28.8. The minimum Gasteiger partial charge on any atom is -0.496 e. The van der Waals surface area contributed by atoms with Crippen LogP contribution in [0.1, 0.15) is 43.4 Å². The maximum absolute atomic E-state index is 14.1. The van der Waals surface area contributed by atoms with Gasteiger partial charge >= 0.3 is 0 Å². The van der Waals surface area contributed by atoms with Gasteiger partial charge in [0.15, 0.2) is 0 Å². The fourth-order valence-corrected chi connectivity index (χ4v) is 6.60. The largest absolute Gasteiger partial charge is 0.496 e. The van der Waals surface area contributed by atoms with Crippen molar-refractivity contribution < 1.29 is 22.7 Å². The van der Waals surface area contributed by atoms with Gasteiger partial charge in [-0.15, -0.1) is 0 Å². The number of benzene rings is 3. The molecule has 0 spiro atoms. The molecule has 220 valence electrons. The summed E-state index contributed by atoms with van der Waals surface area (Å²) >= 11 is 3.37. The lowest BCUT2D eigenvalue weighted by Crippen LogP contribution is -2.52. The summed E-state index contributed by atoms with van der Waals surface area (Å²) < 4.78 is 35.0. The lowest BCUT2D eigenvalue weighted by atomic mass is 10.1. The number of amides is 2. The second kappa shape index (κ2) is 14.5. The molecule has 0 fully saturated rings. The van der Waals surface area contributed by atoms with Gasteiger partial charge in [-0.3, -0.25) is 13.9 Å². The lowest BCUT2D eigenvalue weighted by molar-refractivity contribution is -0.140. The maximum Gasteiger partial charge on any atom is 0.264 e. The molecular weight excluding hydrogens is 606 g/mol. The van der Waals surface area contributed by atoms with Gasteiger partial charge < -0.3 is 15.0 Å². The molecule has 1 atom stereocenters. The van der Waals surface area contributed by atoms with E-state index in [0.29, 0.717) is 28.9 Å². The molecule has 8 nitrogen and oxygen atoms in total. The van der Waals surface area contributed by atoms with Crippen molar-refractivity contribution in [2.75, 3.05) is 24.5 Å². The summed E-state index contributed by atoms with van der Waals surface area (Å²) in [6, 6.07) is 18.3. The monoisotopic (exact) mass is 643 g/mol. The van der Waals surface area contributed by atoms with Crippen LogP contribution in [0.25, 0.3) is 0 Å². The van der Waals surface area contributed by atoms with E-state index in [1.807, 2.05) is 52.0 Å². The molecular formula is C31H38BrN3O5S. The van der Waals surface area contributed by atoms with Crippen LogP contribution in [-0.4, -0.2) is 51.4 Å². The average molecular weight is 645 g/mol. The van der Waals surface area contributed by atoms with E-state index in [1.54, 1.807) is 30.3 Å². The van der Waals surface area contributed by atoms with Crippen LogP contribution in [0.2, 0.25) is 0 Å². The van der Waals surface area contributed by atoms with E-state index >= 15 is 0 Å². The second-order valence-corrected chi connectivity index (χ2v) is 12.6. The van der Waals surface area contributed by atoms with Crippen LogP contribution in [-0.2, 0) is 26.2 Å². The predicted molar refractivity (Wildman–Crippen MR) is 166 cm³/mol. The Morgan fingerprint density at radius 2 is 1.68 bits per heavy atom. The molecule has 3 rings (SSSR count). The molecule has 41 heavy (non-hydrogen) atoms. The van der Waals surface area contributed by atoms with Gasteiger partial charge in [0, 0.05) is 13.1 Å². The van der Waals surface area contributed by atoms with Crippen molar-refractivity contribution in [1.29, 1.82) is 0 Å². The van der Waals surface area contributed by atoms with Crippen molar-refractivity contribution in [3.63, 3.8) is 0 Å². The highest BCUT2D eigenvalue weighted by Crippen LogP contribution is 2.31. The van der Waals surface area contributed by atoms with Crippen LogP contribution in [0.5, 0.6) is 5.75 Å². The zero-order valence-electron chi connectivity index (χ0n) is 24.2. The van der Waals surface area contributed by atoms with E-state index in [2.05, 4.69) is 21.2 Å². The number of halogens is 1. The molecule has 0 aromatic heterocycles. The topological polar surface area (TPSA) is 96.0 Å². The number of rotatable bonds is 13. The number of nitrogens with zero attached hydrogens (tertiary/aromatic N) is 2. The number of aryl methyl sites for hydroxylation is 2. The van der Waals surface area contributed by atoms with E-state index in [4.69, 9.17) is 4.74 Å². The van der Waals surface area contributed by atoms with Gasteiger partial charge in [-0.05, 0) is 78.5 Å². The van der Waals surface area contributed by atoms with Gasteiger partial charge in [-0.25, -0.2) is 8.42 Å². The summed E-state index contributed by atoms with van der Waals surface area (Å²) in [5, 5.41) is 2.90. The fraction of sp³-hybridized carbons (Fsp3) is 0.355. The number of ether oxygens (including phenoxy) is 1. The van der Waals surface area contributed by atoms with E-state index in [1.165, 1.54) is 24.1 Å². The summed E-state index contributed by atoms with van der Waals surface area (Å²) in [7, 11) is -2.69. The highest BCUT2D eigenvalue weighted by molar-refractivity contribution is 9.10. The zero-order valence-corrected chi connectivity index (χ0v) is 26.6. The lowest BCUT2D eigenvalue weighted by Gasteiger charge is -2.33. The van der Waals surface area contributed by atoms with E-state index in [-0.39, 0.29) is 17.3 Å². The fourth-order valence-electron chi connectivity index (χ4n) is 4.47. The third-order valence-corrected chi connectivity index (χ3v) is 9.07. The molecule has 0 heterocycles. The standard InChI is InChI=1S/C31H38BrN3O5S/c1-6-17-33-31(37)28(7-2)34(20-24-10-8-9-23(4)18-24)30(36)21-35(25-13-11-22(3)12-14-25)41(38,39)26-15-16-29(40-5)27(32)19-26/h8-16,18-19,28H,6-7,17,20-21H2,1-5H3,(H,33,37). The summed E-state index contributed by atoms with van der Waals surface area (Å²) in [5.74, 6) is -0.268. The molecule has 3 aromatic carbocycles. The smallest absolute Gasteiger partial charge is 0.264 e. The quantitative estimate of drug-likeness (QED) is 0.261. The van der Waals surface area contributed by atoms with Gasteiger partial charge in [0.05, 0.1) is 22.2 Å². The molecule has 0 saturated heterocycles. The number of nitrogens with one attached hydrogen (secondary N) is 1. The summed E-state index contributed by atoms with van der Waals surface area (Å²) in [6.07, 6.45) is 1.13. The predicted octanol–water partition coefficient (Wildman–Crippen LogP) is 5.60. The first kappa shape index (κ1) is 32.1. The van der Waals surface area contributed by atoms with Crippen molar-refractivity contribution in [1.82, 2.24) is 10.2 Å². The number of carbonyl (C=O) groups is 2. The molecule has 3 aromatic rings. The minimum atomic E-state index is -4.19. The van der Waals surface area contributed by atoms with Crippen molar-refractivity contribution in [3.05, 3.63) is 87.9 Å². The van der Waals surface area contributed by atoms with Gasteiger partial charge in [0.2, 0.25) is 11.8 Å². The van der Waals surface area contributed by atoms with Crippen LogP contribution in [0, 0.1) is 13.8 Å². The number of methoxy groups -OCH3 is 1. The van der Waals surface area contributed by atoms with Crippen molar-refractivity contribution >= 4 is 43.5 Å². The van der Waals surface area contributed by atoms with Crippen LogP contribution in [0.3, 0.4) is 0 Å². The van der Waals surface area contributed by atoms with Gasteiger partial charge in [0.25, 0.3) is 10.0 Å². The molecule has 0 bridgehead atoms. The number of hydrogen-bond donors (Lipinski definition) is 1. The van der Waals surface area contributed by atoms with Crippen LogP contribution < -0.4 is 14.4 Å². The van der Waals surface area contributed by atoms with E-state index < -0.39 is 28.5 Å². The zero-order chi connectivity index (χ0) is 30.2. The Morgan fingerprint density at radius 1 is 0.976 bits per heavy atom. The number of sulfonamides is 1. The molecule has 0 saturated carbocycles. The SMILES string of the molecule is CCCNC(=O)C(CC)N(Cc1cccc(C)c1)C(=O)CN(c1ccc(C)cc1)S(=O)(=O)c1ccc(OC)c(Br)c1. The molecule has 1 unspecified atom stereocenters. The molecule has 10 heteroatoms.